The van der Waals surface area contributed by atoms with Crippen LogP contribution in [0.2, 0.25) is 0 Å². The number of nitrogens with one attached hydrogen (secondary N) is 1. The maximum absolute atomic E-state index is 14.4. The van der Waals surface area contributed by atoms with E-state index in [0.717, 1.165) is 69.1 Å². The van der Waals surface area contributed by atoms with Gasteiger partial charge in [0.25, 0.3) is 11.5 Å². The molecule has 4 heterocycles. The zero-order valence-electron chi connectivity index (χ0n) is 31.2. The quantitative estimate of drug-likeness (QED) is 0.351. The van der Waals surface area contributed by atoms with Gasteiger partial charge in [-0.3, -0.25) is 14.5 Å². The lowest BCUT2D eigenvalue weighted by Gasteiger charge is -2.43. The van der Waals surface area contributed by atoms with E-state index in [-0.39, 0.29) is 34.8 Å². The Kier molecular flexibility index (Phi) is 12.8. The van der Waals surface area contributed by atoms with Crippen molar-refractivity contribution < 1.29 is 28.2 Å². The second-order valence-electron chi connectivity index (χ2n) is 15.3. The number of H-pyrrole nitrogens is 1. The number of amides is 2. The normalized spacial score (nSPS) is 18.8. The van der Waals surface area contributed by atoms with Crippen LogP contribution >= 0.6 is 0 Å². The molecule has 0 spiro atoms. The van der Waals surface area contributed by atoms with E-state index in [9.17, 15) is 23.6 Å². The van der Waals surface area contributed by atoms with Crippen molar-refractivity contribution in [1.82, 2.24) is 29.8 Å². The molecule has 3 fully saturated rings. The number of benzene rings is 2. The molecule has 1 N–H and O–H groups in total. The zero-order chi connectivity index (χ0) is 37.5. The number of piperidine rings is 2. The summed E-state index contributed by atoms with van der Waals surface area (Å²) in [6.45, 7) is 14.3. The summed E-state index contributed by atoms with van der Waals surface area (Å²) < 4.78 is 26.2. The lowest BCUT2D eigenvalue weighted by Crippen LogP contribution is -2.50. The molecule has 52 heavy (non-hydrogen) atoms. The van der Waals surface area contributed by atoms with Crippen molar-refractivity contribution in [3.63, 3.8) is 0 Å². The van der Waals surface area contributed by atoms with E-state index in [4.69, 9.17) is 9.47 Å². The number of aromatic nitrogens is 2. The van der Waals surface area contributed by atoms with Crippen LogP contribution in [0.1, 0.15) is 75.0 Å². The third kappa shape index (κ3) is 10.4. The van der Waals surface area contributed by atoms with Crippen molar-refractivity contribution in [2.45, 2.75) is 77.1 Å². The largest absolute Gasteiger partial charge is 0.444 e. The topological polar surface area (TPSA) is 128 Å². The van der Waals surface area contributed by atoms with E-state index in [0.29, 0.717) is 50.2 Å². The van der Waals surface area contributed by atoms with Gasteiger partial charge in [-0.05, 0) is 84.2 Å². The molecule has 2 amide bonds. The Labute approximate surface area is 305 Å². The highest BCUT2D eigenvalue weighted by molar-refractivity contribution is 5.95. The van der Waals surface area contributed by atoms with Gasteiger partial charge in [-0.2, -0.15) is 5.10 Å². The average molecular weight is 721 g/mol. The predicted molar refractivity (Wildman–Crippen MR) is 197 cm³/mol. The Balaban J connectivity index is 0.000000204. The van der Waals surface area contributed by atoms with Gasteiger partial charge >= 0.3 is 6.09 Å². The van der Waals surface area contributed by atoms with Crippen LogP contribution in [0.25, 0.3) is 10.8 Å². The lowest BCUT2D eigenvalue weighted by atomic mass is 9.92. The molecule has 0 radical (unpaired) electrons. The molecule has 13 heteroatoms. The van der Waals surface area contributed by atoms with Crippen molar-refractivity contribution in [2.75, 3.05) is 66.0 Å². The Morgan fingerprint density at radius 3 is 2.25 bits per heavy atom. The number of carbonyl (C=O) groups excluding carboxylic acids is 3. The summed E-state index contributed by atoms with van der Waals surface area (Å²) >= 11 is 0. The van der Waals surface area contributed by atoms with Crippen LogP contribution in [0, 0.1) is 5.82 Å². The second-order valence-corrected chi connectivity index (χ2v) is 15.3. The minimum absolute atomic E-state index is 0.0794. The van der Waals surface area contributed by atoms with Gasteiger partial charge in [0.05, 0.1) is 34.9 Å². The number of aldehydes is 1. The van der Waals surface area contributed by atoms with E-state index in [1.165, 1.54) is 6.07 Å². The van der Waals surface area contributed by atoms with E-state index in [1.54, 1.807) is 34.1 Å². The van der Waals surface area contributed by atoms with Crippen molar-refractivity contribution in [1.29, 1.82) is 0 Å². The fourth-order valence-corrected chi connectivity index (χ4v) is 6.85. The van der Waals surface area contributed by atoms with Crippen molar-refractivity contribution in [2.24, 2.45) is 0 Å². The Hall–Kier alpha value is -4.20. The number of halogens is 1. The lowest BCUT2D eigenvalue weighted by molar-refractivity contribution is -0.127. The molecular formula is C39H53FN6O6. The predicted octanol–water partition coefficient (Wildman–Crippen LogP) is 4.50. The number of carbonyl (C=O) groups is 3. The molecule has 0 aliphatic carbocycles. The summed E-state index contributed by atoms with van der Waals surface area (Å²) in [6, 6.07) is 11.8. The van der Waals surface area contributed by atoms with Crippen molar-refractivity contribution in [3.05, 3.63) is 75.5 Å². The Morgan fingerprint density at radius 2 is 1.62 bits per heavy atom. The molecule has 282 valence electrons. The van der Waals surface area contributed by atoms with Gasteiger partial charge in [-0.1, -0.05) is 24.3 Å². The molecule has 0 saturated carbocycles. The average Bonchev–Trinajstić information content (AvgIpc) is 3.11. The molecular weight excluding hydrogens is 667 g/mol. The highest BCUT2D eigenvalue weighted by atomic mass is 19.1. The number of hydrogen-bond donors (Lipinski definition) is 1. The van der Waals surface area contributed by atoms with E-state index in [1.807, 2.05) is 40.0 Å². The molecule has 0 atom stereocenters. The molecule has 12 nitrogen and oxygen atoms in total. The Morgan fingerprint density at radius 1 is 0.962 bits per heavy atom. The third-order valence-electron chi connectivity index (χ3n) is 9.99. The van der Waals surface area contributed by atoms with Crippen LogP contribution in [0.15, 0.2) is 47.3 Å². The molecule has 0 bridgehead atoms. The molecule has 2 aromatic carbocycles. The molecule has 0 unspecified atom stereocenters. The fourth-order valence-electron chi connectivity index (χ4n) is 6.85. The van der Waals surface area contributed by atoms with Gasteiger partial charge < -0.3 is 29.0 Å². The second kappa shape index (κ2) is 17.1. The zero-order valence-corrected chi connectivity index (χ0v) is 31.2. The molecule has 3 aliphatic rings. The Bertz CT molecular complexity index is 1750. The van der Waals surface area contributed by atoms with Crippen molar-refractivity contribution in [3.8, 4) is 0 Å². The van der Waals surface area contributed by atoms with Gasteiger partial charge in [0.15, 0.2) is 0 Å². The van der Waals surface area contributed by atoms with Crippen molar-refractivity contribution >= 4 is 29.1 Å². The van der Waals surface area contributed by atoms with E-state index >= 15 is 0 Å². The van der Waals surface area contributed by atoms with Gasteiger partial charge in [0, 0.05) is 64.2 Å². The van der Waals surface area contributed by atoms with E-state index < -0.39 is 11.4 Å². The number of likely N-dealkylation sites (tertiary alicyclic amines) is 2. The first-order chi connectivity index (χ1) is 24.7. The first-order valence-electron chi connectivity index (χ1n) is 18.3. The van der Waals surface area contributed by atoms with Gasteiger partial charge in [-0.25, -0.2) is 14.3 Å². The van der Waals surface area contributed by atoms with Crippen LogP contribution in [-0.4, -0.2) is 131 Å². The number of piperazine rings is 1. The summed E-state index contributed by atoms with van der Waals surface area (Å²) in [5.41, 5.74) is 0.656. The third-order valence-corrected chi connectivity index (χ3v) is 9.99. The van der Waals surface area contributed by atoms with Gasteiger partial charge in [0.2, 0.25) is 0 Å². The number of nitrogens with zero attached hydrogens (tertiary/aromatic N) is 5. The molecule has 3 saturated heterocycles. The fraction of sp³-hybridized carbons (Fsp3) is 0.564. The van der Waals surface area contributed by atoms with Crippen LogP contribution < -0.4 is 5.56 Å². The summed E-state index contributed by atoms with van der Waals surface area (Å²) in [4.78, 5) is 55.2. The number of rotatable bonds is 7. The van der Waals surface area contributed by atoms with Crippen LogP contribution in [0.4, 0.5) is 9.18 Å². The summed E-state index contributed by atoms with van der Waals surface area (Å²) in [6.07, 6.45) is 4.99. The number of likely N-dealkylation sites (N-methyl/N-ethyl adjacent to an activating group) is 1. The SMILES string of the molecule is CC(C)(C)OC(=O)N1CCC(C)(OC2CCN(CC=O)CC2)CC1.CN1CCN(C(=O)c2cc(Cc3n[nH]c(=O)c4ccccc34)ccc2F)CC1. The molecule has 1 aromatic heterocycles. The van der Waals surface area contributed by atoms with Gasteiger partial charge in [0.1, 0.15) is 17.7 Å². The summed E-state index contributed by atoms with van der Waals surface area (Å²) in [5, 5.41) is 7.98. The summed E-state index contributed by atoms with van der Waals surface area (Å²) in [7, 11) is 2.00. The highest BCUT2D eigenvalue weighted by Gasteiger charge is 2.37. The first-order valence-corrected chi connectivity index (χ1v) is 18.3. The van der Waals surface area contributed by atoms with E-state index in [2.05, 4.69) is 26.9 Å². The molecule has 3 aromatic rings. The number of hydrogen-bond acceptors (Lipinski definition) is 9. The minimum Gasteiger partial charge on any atom is -0.444 e. The number of ether oxygens (including phenoxy) is 2. The first kappa shape index (κ1) is 39.0. The summed E-state index contributed by atoms with van der Waals surface area (Å²) in [5.74, 6) is -0.807. The standard InChI is InChI=1S/C21H21FN4O2.C18H32N2O4/c1-25-8-10-26(11-9-25)21(28)17-12-14(6-7-18(17)22)13-19-15-4-2-3-5-16(15)20(27)24-23-19;1-17(2,3)24-16(22)20-11-7-18(4,8-12-20)23-15-5-9-19(10-6-15)13-14-21/h2-7,12H,8-11,13H2,1H3,(H,24,27);14-15H,5-13H2,1-4H3. The minimum atomic E-state index is -0.521. The van der Waals surface area contributed by atoms with Crippen LogP contribution in [0.5, 0.6) is 0 Å². The van der Waals surface area contributed by atoms with Crippen LogP contribution in [0.3, 0.4) is 0 Å². The highest BCUT2D eigenvalue weighted by Crippen LogP contribution is 2.31. The maximum atomic E-state index is 14.4. The number of aromatic amines is 1. The smallest absolute Gasteiger partial charge is 0.410 e. The molecule has 3 aliphatic heterocycles. The van der Waals surface area contributed by atoms with Crippen LogP contribution in [-0.2, 0) is 20.7 Å². The number of fused-ring (bicyclic) bond motifs is 1. The van der Waals surface area contributed by atoms with Gasteiger partial charge in [-0.15, -0.1) is 0 Å². The molecule has 6 rings (SSSR count). The maximum Gasteiger partial charge on any atom is 0.410 e. The monoisotopic (exact) mass is 720 g/mol.